The number of benzene rings is 2. The van der Waals surface area contributed by atoms with Crippen LogP contribution in [0.1, 0.15) is 17.2 Å². The van der Waals surface area contributed by atoms with E-state index in [1.54, 1.807) is 0 Å². The van der Waals surface area contributed by atoms with Crippen LogP contribution < -0.4 is 0 Å². The minimum absolute atomic E-state index is 0.00638. The van der Waals surface area contributed by atoms with Gasteiger partial charge in [0, 0.05) is 19.0 Å². The number of hydrogen-bond donors (Lipinski definition) is 2. The van der Waals surface area contributed by atoms with Gasteiger partial charge in [-0.25, -0.2) is 0 Å². The van der Waals surface area contributed by atoms with E-state index < -0.39 is 17.9 Å². The standard InChI is InChI=1S/C19H19NO4/c21-18(22)16(19(23)24)15-11-20(12-15)17(13-7-3-1-4-8-13)14-9-5-2-6-10-14/h1-10,15-17H,11-12H2,(H,21,22)(H,23,24). The Morgan fingerprint density at radius 3 is 1.62 bits per heavy atom. The molecule has 3 rings (SSSR count). The second-order valence-electron chi connectivity index (χ2n) is 6.09. The van der Waals surface area contributed by atoms with Crippen molar-refractivity contribution in [2.75, 3.05) is 13.1 Å². The third kappa shape index (κ3) is 3.16. The molecule has 5 heteroatoms. The Hall–Kier alpha value is -2.66. The van der Waals surface area contributed by atoms with Gasteiger partial charge in [-0.15, -0.1) is 0 Å². The SMILES string of the molecule is O=C(O)C(C(=O)O)C1CN(C(c2ccccc2)c2ccccc2)C1. The summed E-state index contributed by atoms with van der Waals surface area (Å²) in [4.78, 5) is 24.5. The quantitative estimate of drug-likeness (QED) is 0.798. The summed E-state index contributed by atoms with van der Waals surface area (Å²) in [6.07, 6.45) is 0. The summed E-state index contributed by atoms with van der Waals surface area (Å²) in [6, 6.07) is 20.0. The molecule has 24 heavy (non-hydrogen) atoms. The molecular formula is C19H19NO4. The number of nitrogens with zero attached hydrogens (tertiary/aromatic N) is 1. The zero-order valence-electron chi connectivity index (χ0n) is 13.1. The first-order valence-electron chi connectivity index (χ1n) is 7.87. The molecule has 0 amide bonds. The molecule has 0 unspecified atom stereocenters. The smallest absolute Gasteiger partial charge is 0.318 e. The lowest BCUT2D eigenvalue weighted by Gasteiger charge is -2.46. The zero-order chi connectivity index (χ0) is 17.1. The highest BCUT2D eigenvalue weighted by Crippen LogP contribution is 2.36. The number of hydrogen-bond acceptors (Lipinski definition) is 3. The first-order valence-corrected chi connectivity index (χ1v) is 7.87. The summed E-state index contributed by atoms with van der Waals surface area (Å²) in [7, 11) is 0. The van der Waals surface area contributed by atoms with E-state index in [0.29, 0.717) is 13.1 Å². The van der Waals surface area contributed by atoms with Crippen molar-refractivity contribution in [2.45, 2.75) is 6.04 Å². The molecule has 1 heterocycles. The molecule has 1 aliphatic rings. The second-order valence-corrected chi connectivity index (χ2v) is 6.09. The molecule has 0 atom stereocenters. The van der Waals surface area contributed by atoms with Crippen LogP contribution in [0.4, 0.5) is 0 Å². The Morgan fingerprint density at radius 1 is 0.833 bits per heavy atom. The summed E-state index contributed by atoms with van der Waals surface area (Å²) in [5.41, 5.74) is 2.23. The molecular weight excluding hydrogens is 306 g/mol. The first-order chi connectivity index (χ1) is 11.6. The molecule has 2 aromatic rings. The van der Waals surface area contributed by atoms with Gasteiger partial charge in [-0.1, -0.05) is 60.7 Å². The molecule has 1 saturated heterocycles. The van der Waals surface area contributed by atoms with Crippen molar-refractivity contribution >= 4 is 11.9 Å². The highest BCUT2D eigenvalue weighted by molar-refractivity contribution is 5.93. The fourth-order valence-electron chi connectivity index (χ4n) is 3.36. The Kier molecular flexibility index (Phi) is 4.62. The number of rotatable bonds is 6. The van der Waals surface area contributed by atoms with E-state index in [1.165, 1.54) is 0 Å². The van der Waals surface area contributed by atoms with Crippen LogP contribution in [-0.4, -0.2) is 40.1 Å². The Bertz CT molecular complexity index is 657. The molecule has 2 N–H and O–H groups in total. The van der Waals surface area contributed by atoms with Gasteiger partial charge in [-0.3, -0.25) is 14.5 Å². The normalized spacial score (nSPS) is 15.4. The predicted molar refractivity (Wildman–Crippen MR) is 88.6 cm³/mol. The van der Waals surface area contributed by atoms with Crippen LogP contribution in [0.25, 0.3) is 0 Å². The van der Waals surface area contributed by atoms with Gasteiger partial charge in [0.05, 0.1) is 6.04 Å². The van der Waals surface area contributed by atoms with Gasteiger partial charge in [0.1, 0.15) is 0 Å². The molecule has 0 aromatic heterocycles. The fourth-order valence-corrected chi connectivity index (χ4v) is 3.36. The maximum absolute atomic E-state index is 11.2. The molecule has 5 nitrogen and oxygen atoms in total. The summed E-state index contributed by atoms with van der Waals surface area (Å²) < 4.78 is 0. The maximum atomic E-state index is 11.2. The molecule has 1 fully saturated rings. The molecule has 0 spiro atoms. The van der Waals surface area contributed by atoms with Crippen molar-refractivity contribution in [3.8, 4) is 0 Å². The van der Waals surface area contributed by atoms with Crippen molar-refractivity contribution in [3.63, 3.8) is 0 Å². The van der Waals surface area contributed by atoms with E-state index in [-0.39, 0.29) is 12.0 Å². The van der Waals surface area contributed by atoms with Crippen LogP contribution in [0.3, 0.4) is 0 Å². The summed E-state index contributed by atoms with van der Waals surface area (Å²) >= 11 is 0. The minimum atomic E-state index is -1.34. The number of carboxylic acid groups (broad SMARTS) is 2. The summed E-state index contributed by atoms with van der Waals surface area (Å²) in [6.45, 7) is 0.912. The third-order valence-electron chi connectivity index (χ3n) is 4.54. The average Bonchev–Trinajstić information content (AvgIpc) is 2.54. The van der Waals surface area contributed by atoms with E-state index in [4.69, 9.17) is 10.2 Å². The van der Waals surface area contributed by atoms with Crippen LogP contribution >= 0.6 is 0 Å². The molecule has 124 valence electrons. The lowest BCUT2D eigenvalue weighted by Crippen LogP contribution is -2.54. The zero-order valence-corrected chi connectivity index (χ0v) is 13.1. The van der Waals surface area contributed by atoms with E-state index in [0.717, 1.165) is 11.1 Å². The van der Waals surface area contributed by atoms with Crippen molar-refractivity contribution in [2.24, 2.45) is 11.8 Å². The molecule has 0 bridgehead atoms. The number of aliphatic carboxylic acids is 2. The van der Waals surface area contributed by atoms with E-state index in [2.05, 4.69) is 4.90 Å². The third-order valence-corrected chi connectivity index (χ3v) is 4.54. The van der Waals surface area contributed by atoms with Gasteiger partial charge in [0.2, 0.25) is 0 Å². The summed E-state index contributed by atoms with van der Waals surface area (Å²) in [5.74, 6) is -4.23. The average molecular weight is 325 g/mol. The van der Waals surface area contributed by atoms with Crippen LogP contribution in [0.5, 0.6) is 0 Å². The van der Waals surface area contributed by atoms with Crippen LogP contribution in [0.15, 0.2) is 60.7 Å². The lowest BCUT2D eigenvalue weighted by atomic mass is 9.82. The van der Waals surface area contributed by atoms with E-state index >= 15 is 0 Å². The monoisotopic (exact) mass is 325 g/mol. The molecule has 2 aromatic carbocycles. The van der Waals surface area contributed by atoms with Gasteiger partial charge in [0.15, 0.2) is 5.92 Å². The second kappa shape index (κ2) is 6.84. The predicted octanol–water partition coefficient (Wildman–Crippen LogP) is 2.49. The van der Waals surface area contributed by atoms with Crippen molar-refractivity contribution in [1.82, 2.24) is 4.90 Å². The largest absolute Gasteiger partial charge is 0.481 e. The molecule has 1 aliphatic heterocycles. The number of carboxylic acids is 2. The van der Waals surface area contributed by atoms with Crippen LogP contribution in [-0.2, 0) is 9.59 Å². The van der Waals surface area contributed by atoms with Crippen molar-refractivity contribution < 1.29 is 19.8 Å². The van der Waals surface area contributed by atoms with E-state index in [1.807, 2.05) is 60.7 Å². The lowest BCUT2D eigenvalue weighted by molar-refractivity contribution is -0.161. The topological polar surface area (TPSA) is 77.8 Å². The van der Waals surface area contributed by atoms with Crippen molar-refractivity contribution in [1.29, 1.82) is 0 Å². The molecule has 0 aliphatic carbocycles. The Labute approximate surface area is 140 Å². The van der Waals surface area contributed by atoms with Crippen molar-refractivity contribution in [3.05, 3.63) is 71.8 Å². The van der Waals surface area contributed by atoms with E-state index in [9.17, 15) is 9.59 Å². The first kappa shape index (κ1) is 16.2. The number of likely N-dealkylation sites (tertiary alicyclic amines) is 1. The maximum Gasteiger partial charge on any atom is 0.318 e. The Morgan fingerprint density at radius 2 is 1.25 bits per heavy atom. The highest BCUT2D eigenvalue weighted by atomic mass is 16.4. The minimum Gasteiger partial charge on any atom is -0.481 e. The fraction of sp³-hybridized carbons (Fsp3) is 0.263. The van der Waals surface area contributed by atoms with Gasteiger partial charge in [-0.2, -0.15) is 0 Å². The molecule has 0 radical (unpaired) electrons. The Balaban J connectivity index is 1.82. The van der Waals surface area contributed by atoms with Crippen LogP contribution in [0.2, 0.25) is 0 Å². The van der Waals surface area contributed by atoms with Gasteiger partial charge in [0.25, 0.3) is 0 Å². The van der Waals surface area contributed by atoms with Crippen LogP contribution in [0, 0.1) is 11.8 Å². The number of carbonyl (C=O) groups is 2. The highest BCUT2D eigenvalue weighted by Gasteiger charge is 2.44. The van der Waals surface area contributed by atoms with Gasteiger partial charge < -0.3 is 10.2 Å². The van der Waals surface area contributed by atoms with Gasteiger partial charge in [-0.05, 0) is 11.1 Å². The summed E-state index contributed by atoms with van der Waals surface area (Å²) in [5, 5.41) is 18.3. The molecule has 0 saturated carbocycles. The van der Waals surface area contributed by atoms with Gasteiger partial charge >= 0.3 is 11.9 Å².